The summed E-state index contributed by atoms with van der Waals surface area (Å²) >= 11 is 0. The number of hydrogen-bond acceptors (Lipinski definition) is 2. The van der Waals surface area contributed by atoms with Crippen LogP contribution in [0.5, 0.6) is 0 Å². The zero-order valence-electron chi connectivity index (χ0n) is 10.8. The van der Waals surface area contributed by atoms with Gasteiger partial charge >= 0.3 is 0 Å². The van der Waals surface area contributed by atoms with Gasteiger partial charge in [0.1, 0.15) is 5.82 Å². The van der Waals surface area contributed by atoms with Crippen LogP contribution in [0.15, 0.2) is 42.5 Å². The molecule has 2 nitrogen and oxygen atoms in total. The standard InChI is InChI=1S/C16H16FNO/c1-11(19)12-3-6-15(7-4-12)18-9-8-13-2-5-14(17)10-16(13)18/h2-7,10-11,19H,8-9H2,1H3/t11-/m1/s1. The highest BCUT2D eigenvalue weighted by Gasteiger charge is 2.20. The third-order valence-electron chi connectivity index (χ3n) is 3.63. The van der Waals surface area contributed by atoms with Crippen LogP contribution >= 0.6 is 0 Å². The van der Waals surface area contributed by atoms with Gasteiger partial charge in [-0.05, 0) is 48.7 Å². The number of aliphatic hydroxyl groups is 1. The van der Waals surface area contributed by atoms with Crippen LogP contribution in [0, 0.1) is 5.82 Å². The Balaban J connectivity index is 1.95. The smallest absolute Gasteiger partial charge is 0.125 e. The lowest BCUT2D eigenvalue weighted by molar-refractivity contribution is 0.199. The highest BCUT2D eigenvalue weighted by Crippen LogP contribution is 2.35. The minimum Gasteiger partial charge on any atom is -0.389 e. The van der Waals surface area contributed by atoms with Crippen LogP contribution in [-0.2, 0) is 6.42 Å². The molecule has 1 aliphatic heterocycles. The molecule has 1 aliphatic rings. The molecule has 1 atom stereocenters. The van der Waals surface area contributed by atoms with Crippen LogP contribution in [0.2, 0.25) is 0 Å². The summed E-state index contributed by atoms with van der Waals surface area (Å²) in [7, 11) is 0. The predicted molar refractivity (Wildman–Crippen MR) is 74.2 cm³/mol. The van der Waals surface area contributed by atoms with Crippen LogP contribution in [0.25, 0.3) is 0 Å². The van der Waals surface area contributed by atoms with Crippen molar-refractivity contribution in [2.75, 3.05) is 11.4 Å². The summed E-state index contributed by atoms with van der Waals surface area (Å²) in [5.74, 6) is -0.203. The highest BCUT2D eigenvalue weighted by molar-refractivity contribution is 5.69. The second-order valence-corrected chi connectivity index (χ2v) is 4.94. The van der Waals surface area contributed by atoms with Crippen LogP contribution in [-0.4, -0.2) is 11.7 Å². The van der Waals surface area contributed by atoms with Crippen molar-refractivity contribution in [2.45, 2.75) is 19.4 Å². The van der Waals surface area contributed by atoms with Crippen molar-refractivity contribution in [2.24, 2.45) is 0 Å². The summed E-state index contributed by atoms with van der Waals surface area (Å²) in [5.41, 5.74) is 4.06. The van der Waals surface area contributed by atoms with Crippen molar-refractivity contribution < 1.29 is 9.50 Å². The Labute approximate surface area is 112 Å². The third kappa shape index (κ3) is 2.22. The maximum absolute atomic E-state index is 13.4. The summed E-state index contributed by atoms with van der Waals surface area (Å²) in [4.78, 5) is 2.12. The maximum Gasteiger partial charge on any atom is 0.125 e. The van der Waals surface area contributed by atoms with Gasteiger partial charge in [-0.15, -0.1) is 0 Å². The molecule has 0 radical (unpaired) electrons. The summed E-state index contributed by atoms with van der Waals surface area (Å²) in [6.07, 6.45) is 0.477. The minimum atomic E-state index is -0.461. The molecule has 0 spiro atoms. The molecule has 0 aliphatic carbocycles. The molecule has 2 aromatic rings. The molecule has 0 fully saturated rings. The normalized spacial score (nSPS) is 15.4. The quantitative estimate of drug-likeness (QED) is 0.889. The number of hydrogen-bond donors (Lipinski definition) is 1. The summed E-state index contributed by atoms with van der Waals surface area (Å²) in [6.45, 7) is 2.61. The number of rotatable bonds is 2. The molecule has 2 aromatic carbocycles. The molecule has 0 aromatic heterocycles. The molecule has 3 heteroatoms. The van der Waals surface area contributed by atoms with Gasteiger partial charge in [0.2, 0.25) is 0 Å². The van der Waals surface area contributed by atoms with E-state index in [0.717, 1.165) is 29.9 Å². The van der Waals surface area contributed by atoms with Crippen LogP contribution in [0.1, 0.15) is 24.2 Å². The highest BCUT2D eigenvalue weighted by atomic mass is 19.1. The Hall–Kier alpha value is -1.87. The average molecular weight is 257 g/mol. The average Bonchev–Trinajstić information content (AvgIpc) is 2.81. The van der Waals surface area contributed by atoms with Crippen molar-refractivity contribution >= 4 is 11.4 Å². The third-order valence-corrected chi connectivity index (χ3v) is 3.63. The van der Waals surface area contributed by atoms with Crippen molar-refractivity contribution in [3.63, 3.8) is 0 Å². The molecule has 0 amide bonds. The van der Waals surface area contributed by atoms with Crippen LogP contribution in [0.3, 0.4) is 0 Å². The largest absolute Gasteiger partial charge is 0.389 e. The molecule has 1 N–H and O–H groups in total. The molecule has 19 heavy (non-hydrogen) atoms. The fraction of sp³-hybridized carbons (Fsp3) is 0.250. The van der Waals surface area contributed by atoms with E-state index in [4.69, 9.17) is 0 Å². The van der Waals surface area contributed by atoms with Crippen LogP contribution < -0.4 is 4.90 Å². The lowest BCUT2D eigenvalue weighted by Crippen LogP contribution is -2.13. The number of halogens is 1. The maximum atomic E-state index is 13.4. The van der Waals surface area contributed by atoms with E-state index in [1.165, 1.54) is 11.6 Å². The van der Waals surface area contributed by atoms with Gasteiger partial charge < -0.3 is 10.0 Å². The molecule has 98 valence electrons. The van der Waals surface area contributed by atoms with Gasteiger partial charge in [-0.2, -0.15) is 0 Å². The van der Waals surface area contributed by atoms with E-state index in [2.05, 4.69) is 4.90 Å². The molecule has 0 bridgehead atoms. The van der Waals surface area contributed by atoms with Gasteiger partial charge in [-0.3, -0.25) is 0 Å². The number of benzene rings is 2. The second-order valence-electron chi connectivity index (χ2n) is 4.94. The van der Waals surface area contributed by atoms with Crippen molar-refractivity contribution in [1.29, 1.82) is 0 Å². The van der Waals surface area contributed by atoms with Gasteiger partial charge in [-0.25, -0.2) is 4.39 Å². The molecule has 0 saturated carbocycles. The lowest BCUT2D eigenvalue weighted by Gasteiger charge is -2.20. The Bertz CT molecular complexity index is 592. The molecule has 3 rings (SSSR count). The van der Waals surface area contributed by atoms with E-state index >= 15 is 0 Å². The summed E-state index contributed by atoms with van der Waals surface area (Å²) in [6, 6.07) is 12.7. The topological polar surface area (TPSA) is 23.5 Å². The fourth-order valence-electron chi connectivity index (χ4n) is 2.55. The lowest BCUT2D eigenvalue weighted by atomic mass is 10.1. The molecular weight excluding hydrogens is 241 g/mol. The van der Waals surface area contributed by atoms with E-state index < -0.39 is 6.10 Å². The van der Waals surface area contributed by atoms with E-state index in [1.54, 1.807) is 13.0 Å². The zero-order chi connectivity index (χ0) is 13.4. The fourth-order valence-corrected chi connectivity index (χ4v) is 2.55. The molecule has 1 heterocycles. The Morgan fingerprint density at radius 3 is 2.58 bits per heavy atom. The van der Waals surface area contributed by atoms with E-state index in [9.17, 15) is 9.50 Å². The van der Waals surface area contributed by atoms with Crippen LogP contribution in [0.4, 0.5) is 15.8 Å². The van der Waals surface area contributed by atoms with E-state index in [-0.39, 0.29) is 5.82 Å². The molecule has 0 saturated heterocycles. The molecule has 0 unspecified atom stereocenters. The van der Waals surface area contributed by atoms with Crippen molar-refractivity contribution in [3.8, 4) is 0 Å². The van der Waals surface area contributed by atoms with Gasteiger partial charge in [0, 0.05) is 17.9 Å². The first-order valence-corrected chi connectivity index (χ1v) is 6.49. The second kappa shape index (κ2) is 4.67. The first-order chi connectivity index (χ1) is 9.15. The summed E-state index contributed by atoms with van der Waals surface area (Å²) < 4.78 is 13.4. The number of aliphatic hydroxyl groups excluding tert-OH is 1. The monoisotopic (exact) mass is 257 g/mol. The van der Waals surface area contributed by atoms with E-state index in [1.807, 2.05) is 30.3 Å². The number of anilines is 2. The van der Waals surface area contributed by atoms with E-state index in [0.29, 0.717) is 0 Å². The Morgan fingerprint density at radius 2 is 1.89 bits per heavy atom. The minimum absolute atomic E-state index is 0.203. The molecular formula is C16H16FNO. The zero-order valence-corrected chi connectivity index (χ0v) is 10.8. The van der Waals surface area contributed by atoms with Gasteiger partial charge in [-0.1, -0.05) is 18.2 Å². The Morgan fingerprint density at radius 1 is 1.16 bits per heavy atom. The Kier molecular flexibility index (Phi) is 2.99. The first kappa shape index (κ1) is 12.2. The van der Waals surface area contributed by atoms with Gasteiger partial charge in [0.15, 0.2) is 0 Å². The van der Waals surface area contributed by atoms with Crippen molar-refractivity contribution in [1.82, 2.24) is 0 Å². The van der Waals surface area contributed by atoms with Gasteiger partial charge in [0.05, 0.1) is 6.10 Å². The summed E-state index contributed by atoms with van der Waals surface area (Å²) in [5, 5.41) is 9.51. The number of nitrogens with zero attached hydrogens (tertiary/aromatic N) is 1. The van der Waals surface area contributed by atoms with Gasteiger partial charge in [0.25, 0.3) is 0 Å². The predicted octanol–water partition coefficient (Wildman–Crippen LogP) is 3.57. The SMILES string of the molecule is C[C@@H](O)c1ccc(N2CCc3ccc(F)cc32)cc1. The first-order valence-electron chi connectivity index (χ1n) is 6.49. The van der Waals surface area contributed by atoms with Crippen molar-refractivity contribution in [3.05, 3.63) is 59.4 Å². The number of fused-ring (bicyclic) bond motifs is 1.